The molecule has 9 fully saturated rings. The van der Waals surface area contributed by atoms with Gasteiger partial charge in [-0.25, -0.2) is 0 Å². The molecule has 0 spiro atoms. The van der Waals surface area contributed by atoms with Gasteiger partial charge in [-0.2, -0.15) is 0 Å². The Morgan fingerprint density at radius 2 is 0.700 bits per heavy atom. The minimum atomic E-state index is -1.30. The van der Waals surface area contributed by atoms with Gasteiger partial charge in [-0.3, -0.25) is 0 Å². The van der Waals surface area contributed by atoms with Gasteiger partial charge in [0.25, 0.3) is 0 Å². The van der Waals surface area contributed by atoms with Crippen LogP contribution in [0.5, 0.6) is 0 Å². The van der Waals surface area contributed by atoms with Gasteiger partial charge in [0.1, 0.15) is 0 Å². The van der Waals surface area contributed by atoms with Crippen molar-refractivity contribution >= 4 is 30.1 Å². The second-order valence-electron chi connectivity index (χ2n) is 20.7. The van der Waals surface area contributed by atoms with E-state index in [4.69, 9.17) is 0 Å². The average molecular weight is 614 g/mol. The summed E-state index contributed by atoms with van der Waals surface area (Å²) >= 11 is 0. The van der Waals surface area contributed by atoms with Gasteiger partial charge in [-0.05, 0) is 108 Å². The van der Waals surface area contributed by atoms with Crippen molar-refractivity contribution in [2.24, 2.45) is 69.5 Å². The minimum Gasteiger partial charge on any atom is -0.0719 e. The van der Waals surface area contributed by atoms with Crippen LogP contribution in [-0.4, -0.2) is 30.1 Å². The van der Waals surface area contributed by atoms with Crippen molar-refractivity contribution in [1.82, 2.24) is 0 Å². The molecule has 9 aliphatic rings. The van der Waals surface area contributed by atoms with Crippen LogP contribution in [0.15, 0.2) is 0 Å². The molecular formula is C36H69Si4. The van der Waals surface area contributed by atoms with Crippen molar-refractivity contribution in [3.63, 3.8) is 0 Å². The highest BCUT2D eigenvalue weighted by atomic mass is 29.9. The average Bonchev–Trinajstić information content (AvgIpc) is 2.82. The first kappa shape index (κ1) is 30.9. The third-order valence-corrected chi connectivity index (χ3v) is 75.6. The van der Waals surface area contributed by atoms with E-state index in [2.05, 4.69) is 80.8 Å². The zero-order chi connectivity index (χ0) is 29.3. The molecule has 0 unspecified atom stereocenters. The summed E-state index contributed by atoms with van der Waals surface area (Å²) in [6.07, 6.45) is 14.2. The molecule has 0 aromatic carbocycles. The van der Waals surface area contributed by atoms with Crippen molar-refractivity contribution in [2.75, 3.05) is 0 Å². The summed E-state index contributed by atoms with van der Waals surface area (Å²) in [5.41, 5.74) is 1.97. The zero-order valence-corrected chi connectivity index (χ0v) is 33.2. The molecule has 0 saturated heterocycles. The Hall–Kier alpha value is 0.868. The lowest BCUT2D eigenvalue weighted by Gasteiger charge is -2.64. The summed E-state index contributed by atoms with van der Waals surface area (Å²) < 4.78 is 0. The van der Waals surface area contributed by atoms with Gasteiger partial charge >= 0.3 is 0 Å². The quantitative estimate of drug-likeness (QED) is 0.227. The first-order valence-electron chi connectivity index (χ1n) is 18.2. The molecule has 40 heavy (non-hydrogen) atoms. The molecule has 9 atom stereocenters. The van der Waals surface area contributed by atoms with Gasteiger partial charge in [0.05, 0.1) is 0 Å². The Morgan fingerprint density at radius 3 is 0.900 bits per heavy atom. The molecule has 9 saturated carbocycles. The van der Waals surface area contributed by atoms with Crippen LogP contribution in [0, 0.1) is 69.5 Å². The zero-order valence-electron chi connectivity index (χ0n) is 29.2. The van der Waals surface area contributed by atoms with Gasteiger partial charge < -0.3 is 0 Å². The van der Waals surface area contributed by atoms with Crippen LogP contribution in [0.3, 0.4) is 0 Å². The van der Waals surface area contributed by atoms with Crippen molar-refractivity contribution in [3.8, 4) is 0 Å². The molecule has 0 heterocycles. The smallest absolute Gasteiger partial charge is 0.0340 e. The molecule has 0 aliphatic heterocycles. The normalized spacial score (nSPS) is 43.0. The molecular weight excluding hydrogens is 545 g/mol. The van der Waals surface area contributed by atoms with Crippen molar-refractivity contribution in [3.05, 3.63) is 0 Å². The van der Waals surface area contributed by atoms with Crippen LogP contribution in [0.1, 0.15) is 99.3 Å². The van der Waals surface area contributed by atoms with Crippen LogP contribution in [0.4, 0.5) is 0 Å². The van der Waals surface area contributed by atoms with Gasteiger partial charge in [-0.1, -0.05) is 118 Å². The molecule has 6 bridgehead atoms. The predicted molar refractivity (Wildman–Crippen MR) is 187 cm³/mol. The van der Waals surface area contributed by atoms with E-state index in [1.807, 2.05) is 0 Å². The van der Waals surface area contributed by atoms with Gasteiger partial charge in [0.15, 0.2) is 0 Å². The largest absolute Gasteiger partial charge is 0.0719 e. The second kappa shape index (κ2) is 9.68. The lowest BCUT2D eigenvalue weighted by atomic mass is 9.46. The molecule has 0 aromatic heterocycles. The molecule has 0 N–H and O–H groups in total. The van der Waals surface area contributed by atoms with E-state index < -0.39 is 22.8 Å². The molecule has 0 aromatic rings. The maximum Gasteiger partial charge on any atom is 0.0340 e. The summed E-state index contributed by atoms with van der Waals surface area (Å²) in [7, 11) is -4.19. The van der Waals surface area contributed by atoms with E-state index in [-0.39, 0.29) is 7.35 Å². The SMILES string of the molecule is CC1(C)[C@@H]2CC[C@H](C[Si](C)(C)[Si]([Si](C)(C)C[C@H]3CC[C@@H]4C[C@H]3C4(C)C)[Si](C)(C)C[C@H]3CC[C@@H]4C[C@H]3C4(C)C)[C@H]1C2. The molecule has 4 heteroatoms. The van der Waals surface area contributed by atoms with E-state index in [0.717, 1.165) is 53.3 Å². The van der Waals surface area contributed by atoms with E-state index in [1.54, 1.807) is 75.9 Å². The first-order valence-corrected chi connectivity index (χ1v) is 32.3. The monoisotopic (exact) mass is 613 g/mol. The molecule has 229 valence electrons. The van der Waals surface area contributed by atoms with Crippen molar-refractivity contribution in [1.29, 1.82) is 0 Å². The molecule has 0 amide bonds. The van der Waals surface area contributed by atoms with Crippen LogP contribution < -0.4 is 0 Å². The summed E-state index contributed by atoms with van der Waals surface area (Å²) in [5, 5.41) is 0. The van der Waals surface area contributed by atoms with Gasteiger partial charge in [0, 0.05) is 30.1 Å². The topological polar surface area (TPSA) is 0 Å². The number of hydrogen-bond acceptors (Lipinski definition) is 0. The summed E-state index contributed by atoms with van der Waals surface area (Å²) in [5.74, 6) is 9.61. The third kappa shape index (κ3) is 4.70. The lowest BCUT2D eigenvalue weighted by molar-refractivity contribution is -0.0991. The van der Waals surface area contributed by atoms with Crippen molar-refractivity contribution in [2.45, 2.75) is 157 Å². The molecule has 0 nitrogen and oxygen atoms in total. The van der Waals surface area contributed by atoms with Crippen molar-refractivity contribution < 1.29 is 0 Å². The Labute approximate surface area is 255 Å². The fourth-order valence-electron chi connectivity index (χ4n) is 14.6. The maximum absolute atomic E-state index is 3.01. The Bertz CT molecular complexity index is 846. The fourth-order valence-corrected chi connectivity index (χ4v) is 102. The highest BCUT2D eigenvalue weighted by Crippen LogP contribution is 2.65. The third-order valence-electron chi connectivity index (χ3n) is 16.4. The number of fused-ring (bicyclic) bond motifs is 6. The summed E-state index contributed by atoms with van der Waals surface area (Å²) in [6.45, 7) is 34.0. The molecule has 1 radical (unpaired) electrons. The highest BCUT2D eigenvalue weighted by molar-refractivity contribution is 7.81. The Morgan fingerprint density at radius 1 is 0.450 bits per heavy atom. The van der Waals surface area contributed by atoms with E-state index in [0.29, 0.717) is 16.2 Å². The lowest BCUT2D eigenvalue weighted by Crippen LogP contribution is -2.75. The Balaban J connectivity index is 1.27. The molecule has 9 rings (SSSR count). The highest BCUT2D eigenvalue weighted by Gasteiger charge is 2.62. The number of hydrogen-bond donors (Lipinski definition) is 0. The Kier molecular flexibility index (Phi) is 7.47. The number of rotatable bonds is 9. The van der Waals surface area contributed by atoms with Crippen LogP contribution in [0.2, 0.25) is 57.4 Å². The summed E-state index contributed by atoms with van der Waals surface area (Å²) in [4.78, 5) is 0. The predicted octanol–water partition coefficient (Wildman–Crippen LogP) is 11.1. The standard InChI is InChI=1S/C36H69Si4/c1-34(2)28-16-13-25(31(34)19-28)22-38(7,8)37(39(9,10)23-26-14-17-29-20-32(26)35(29,3)4)40(11,12)24-27-15-18-30-21-33(27)36(30,5)6/h25-33H,13-24H2,1-12H3/t25-,26-,27-,28-,29-,30-,31-,32-,33-/m1/s1. The van der Waals surface area contributed by atoms with Crippen LogP contribution in [0.25, 0.3) is 0 Å². The van der Waals surface area contributed by atoms with E-state index in [9.17, 15) is 0 Å². The molecule has 9 aliphatic carbocycles. The van der Waals surface area contributed by atoms with E-state index in [1.165, 1.54) is 0 Å². The van der Waals surface area contributed by atoms with Crippen LogP contribution >= 0.6 is 0 Å². The first-order chi connectivity index (χ1) is 18.3. The maximum atomic E-state index is 3.01. The van der Waals surface area contributed by atoms with Gasteiger partial charge in [-0.15, -0.1) is 0 Å². The van der Waals surface area contributed by atoms with Crippen LogP contribution in [-0.2, 0) is 0 Å². The van der Waals surface area contributed by atoms with Gasteiger partial charge in [0.2, 0.25) is 0 Å². The minimum absolute atomic E-state index is 0.281. The van der Waals surface area contributed by atoms with E-state index >= 15 is 0 Å². The fraction of sp³-hybridized carbons (Fsp3) is 1.00. The second-order valence-corrected chi connectivity index (χ2v) is 55.2. The summed E-state index contributed by atoms with van der Waals surface area (Å²) in [6, 6.07) is 5.16.